The Balaban J connectivity index is -0.000000279. The van der Waals surface area contributed by atoms with Crippen LogP contribution in [0.4, 0.5) is 0 Å². The molecule has 0 radical (unpaired) electrons. The first-order valence-corrected chi connectivity index (χ1v) is 19.6. The molecule has 0 bridgehead atoms. The van der Waals surface area contributed by atoms with Gasteiger partial charge in [-0.25, -0.2) is 0 Å². The Kier molecular flexibility index (Phi) is 52.3. The summed E-state index contributed by atoms with van der Waals surface area (Å²) in [6.45, 7) is 20.7. The van der Waals surface area contributed by atoms with E-state index < -0.39 is 0 Å². The molecule has 3 atom stereocenters. The fourth-order valence-corrected chi connectivity index (χ4v) is 5.90. The van der Waals surface area contributed by atoms with Gasteiger partial charge in [0.15, 0.2) is 0 Å². The average molecular weight is 595 g/mol. The molecular weight excluding hydrogens is 504 g/mol. The Labute approximate surface area is 272 Å². The van der Waals surface area contributed by atoms with Crippen molar-refractivity contribution >= 4 is 0 Å². The molecule has 0 saturated carbocycles. The van der Waals surface area contributed by atoms with E-state index in [1.807, 2.05) is 0 Å². The minimum absolute atomic E-state index is 0. The highest BCUT2D eigenvalue weighted by atomic mass is 14.2. The Morgan fingerprint density at radius 1 is 0.405 bits per heavy atom. The van der Waals surface area contributed by atoms with Crippen molar-refractivity contribution in [1.29, 1.82) is 0 Å². The maximum absolute atomic E-state index is 2.41. The second-order valence-electron chi connectivity index (χ2n) is 13.2. The van der Waals surface area contributed by atoms with Gasteiger partial charge in [-0.05, 0) is 37.5 Å². The van der Waals surface area contributed by atoms with Crippen LogP contribution in [0.3, 0.4) is 0 Å². The molecule has 0 aliphatic carbocycles. The van der Waals surface area contributed by atoms with E-state index >= 15 is 0 Å². The van der Waals surface area contributed by atoms with Gasteiger partial charge in [-0.2, -0.15) is 0 Å². The SMILES string of the molecule is C.C/C=C/CCCCCCC.CCCCCCCC(C)CC.CCCCCCCC(CC)C(CC)CCCCCCC. The molecule has 0 N–H and O–H groups in total. The number of unbranched alkanes of at least 4 members (excludes halogenated alkanes) is 17. The van der Waals surface area contributed by atoms with Crippen molar-refractivity contribution in [3.63, 3.8) is 0 Å². The van der Waals surface area contributed by atoms with Crippen molar-refractivity contribution in [3.05, 3.63) is 12.2 Å². The van der Waals surface area contributed by atoms with Crippen LogP contribution in [0, 0.1) is 17.8 Å². The molecular formula is C42H90. The predicted molar refractivity (Wildman–Crippen MR) is 202 cm³/mol. The molecule has 0 aliphatic heterocycles. The Morgan fingerprint density at radius 2 is 0.738 bits per heavy atom. The van der Waals surface area contributed by atoms with Gasteiger partial charge < -0.3 is 0 Å². The summed E-state index contributed by atoms with van der Waals surface area (Å²) in [6, 6.07) is 0. The Morgan fingerprint density at radius 3 is 1.05 bits per heavy atom. The van der Waals surface area contributed by atoms with Crippen molar-refractivity contribution in [2.24, 2.45) is 17.8 Å². The number of hydrogen-bond acceptors (Lipinski definition) is 0. The highest BCUT2D eigenvalue weighted by Gasteiger charge is 2.17. The monoisotopic (exact) mass is 595 g/mol. The van der Waals surface area contributed by atoms with Gasteiger partial charge in [0.2, 0.25) is 0 Å². The fourth-order valence-electron chi connectivity index (χ4n) is 5.90. The van der Waals surface area contributed by atoms with Crippen LogP contribution >= 0.6 is 0 Å². The van der Waals surface area contributed by atoms with E-state index in [1.54, 1.807) is 0 Å². The predicted octanol–water partition coefficient (Wildman–Crippen LogP) is 16.7. The summed E-state index contributed by atoms with van der Waals surface area (Å²) in [5.41, 5.74) is 0. The van der Waals surface area contributed by atoms with Crippen molar-refractivity contribution in [2.75, 3.05) is 0 Å². The Bertz CT molecular complexity index is 415. The first-order chi connectivity index (χ1) is 20.0. The highest BCUT2D eigenvalue weighted by molar-refractivity contribution is 4.76. The molecule has 0 aromatic carbocycles. The molecule has 0 fully saturated rings. The minimum Gasteiger partial charge on any atom is -0.0917 e. The molecule has 0 saturated heterocycles. The lowest BCUT2D eigenvalue weighted by atomic mass is 9.81. The third kappa shape index (κ3) is 41.9. The summed E-state index contributed by atoms with van der Waals surface area (Å²) < 4.78 is 0. The van der Waals surface area contributed by atoms with Crippen molar-refractivity contribution in [1.82, 2.24) is 0 Å². The van der Waals surface area contributed by atoms with Gasteiger partial charge in [0.1, 0.15) is 0 Å². The maximum atomic E-state index is 2.41. The van der Waals surface area contributed by atoms with Gasteiger partial charge in [-0.1, -0.05) is 235 Å². The number of hydrogen-bond donors (Lipinski definition) is 0. The summed E-state index contributed by atoms with van der Waals surface area (Å²) in [5.74, 6) is 2.97. The highest BCUT2D eigenvalue weighted by Crippen LogP contribution is 2.30. The molecule has 258 valence electrons. The summed E-state index contributed by atoms with van der Waals surface area (Å²) in [7, 11) is 0. The molecule has 0 rings (SSSR count). The molecule has 0 aliphatic rings. The second kappa shape index (κ2) is 45.2. The van der Waals surface area contributed by atoms with Crippen LogP contribution in [0.2, 0.25) is 0 Å². The molecule has 42 heavy (non-hydrogen) atoms. The van der Waals surface area contributed by atoms with Crippen LogP contribution < -0.4 is 0 Å². The quantitative estimate of drug-likeness (QED) is 0.0624. The fraction of sp³-hybridized carbons (Fsp3) is 0.952. The molecule has 0 nitrogen and oxygen atoms in total. The second-order valence-corrected chi connectivity index (χ2v) is 13.2. The van der Waals surface area contributed by atoms with Crippen molar-refractivity contribution in [2.45, 2.75) is 243 Å². The molecule has 3 unspecified atom stereocenters. The first-order valence-electron chi connectivity index (χ1n) is 19.6. The van der Waals surface area contributed by atoms with Crippen LogP contribution in [-0.4, -0.2) is 0 Å². The summed E-state index contributed by atoms with van der Waals surface area (Å²) >= 11 is 0. The number of allylic oxidation sites excluding steroid dienone is 2. The van der Waals surface area contributed by atoms with E-state index in [-0.39, 0.29) is 7.43 Å². The lowest BCUT2D eigenvalue weighted by Crippen LogP contribution is -2.13. The van der Waals surface area contributed by atoms with E-state index in [4.69, 9.17) is 0 Å². The van der Waals surface area contributed by atoms with Gasteiger partial charge in [0, 0.05) is 0 Å². The lowest BCUT2D eigenvalue weighted by molar-refractivity contribution is 0.263. The first kappa shape index (κ1) is 48.6. The smallest absolute Gasteiger partial charge is 0.0351 e. The van der Waals surface area contributed by atoms with Crippen LogP contribution in [0.1, 0.15) is 243 Å². The normalized spacial score (nSPS) is 13.0. The summed E-state index contributed by atoms with van der Waals surface area (Å²) in [4.78, 5) is 0. The third-order valence-corrected chi connectivity index (χ3v) is 9.28. The van der Waals surface area contributed by atoms with E-state index in [0.717, 1.165) is 17.8 Å². The topological polar surface area (TPSA) is 0 Å². The minimum atomic E-state index is 0. The summed E-state index contributed by atoms with van der Waals surface area (Å²) in [6.07, 6.45) is 42.8. The lowest BCUT2D eigenvalue weighted by Gasteiger charge is -2.25. The van der Waals surface area contributed by atoms with Gasteiger partial charge in [0.05, 0.1) is 0 Å². The van der Waals surface area contributed by atoms with E-state index in [1.165, 1.54) is 173 Å². The molecule has 0 aromatic rings. The van der Waals surface area contributed by atoms with Gasteiger partial charge in [0.25, 0.3) is 0 Å². The van der Waals surface area contributed by atoms with E-state index in [9.17, 15) is 0 Å². The van der Waals surface area contributed by atoms with Crippen LogP contribution in [0.15, 0.2) is 12.2 Å². The standard InChI is InChI=1S/C20H42.C11H24.C10H20.CH4/c1-5-9-11-13-15-17-19(7-3)20(8-4)18-16-14-12-10-6-2;1-4-6-7-8-9-10-11(3)5-2;1-3-5-7-9-10-8-6-4-2;/h19-20H,5-18H2,1-4H3;11H,4-10H2,1-3H3;3,5H,4,6-10H2,1-2H3;1H4/b;;5-3+;. The molecule has 0 aromatic heterocycles. The van der Waals surface area contributed by atoms with E-state index in [2.05, 4.69) is 74.5 Å². The third-order valence-electron chi connectivity index (χ3n) is 9.28. The van der Waals surface area contributed by atoms with Gasteiger partial charge in [-0.3, -0.25) is 0 Å². The number of rotatable bonds is 28. The molecule has 0 heteroatoms. The molecule has 0 amide bonds. The van der Waals surface area contributed by atoms with Crippen LogP contribution in [0.25, 0.3) is 0 Å². The average Bonchev–Trinajstić information content (AvgIpc) is 2.99. The van der Waals surface area contributed by atoms with Crippen LogP contribution in [-0.2, 0) is 0 Å². The van der Waals surface area contributed by atoms with Gasteiger partial charge in [-0.15, -0.1) is 0 Å². The van der Waals surface area contributed by atoms with E-state index in [0.29, 0.717) is 0 Å². The molecule has 0 spiro atoms. The Hall–Kier alpha value is -0.260. The van der Waals surface area contributed by atoms with Crippen molar-refractivity contribution in [3.8, 4) is 0 Å². The maximum Gasteiger partial charge on any atom is -0.0351 e. The van der Waals surface area contributed by atoms with Crippen molar-refractivity contribution < 1.29 is 0 Å². The van der Waals surface area contributed by atoms with Gasteiger partial charge >= 0.3 is 0 Å². The molecule has 0 heterocycles. The zero-order chi connectivity index (χ0) is 31.2. The zero-order valence-corrected chi connectivity index (χ0v) is 31.0. The van der Waals surface area contributed by atoms with Crippen LogP contribution in [0.5, 0.6) is 0 Å². The largest absolute Gasteiger partial charge is 0.0917 e. The zero-order valence-electron chi connectivity index (χ0n) is 31.0. The summed E-state index contributed by atoms with van der Waals surface area (Å²) in [5, 5.41) is 0.